The summed E-state index contributed by atoms with van der Waals surface area (Å²) in [5, 5.41) is 20.9. The Balaban J connectivity index is 3.21. The van der Waals surface area contributed by atoms with Crippen molar-refractivity contribution < 1.29 is 14.4 Å². The van der Waals surface area contributed by atoms with Crippen LogP contribution in [0.2, 0.25) is 0 Å². The van der Waals surface area contributed by atoms with Crippen molar-refractivity contribution in [2.24, 2.45) is 0 Å². The molecule has 0 N–H and O–H groups in total. The van der Waals surface area contributed by atoms with E-state index in [4.69, 9.17) is 0 Å². The molecule has 0 aliphatic rings. The average Bonchev–Trinajstić information content (AvgIpc) is 2.04. The lowest BCUT2D eigenvalue weighted by molar-refractivity contribution is -0.609. The Morgan fingerprint density at radius 2 is 2.33 bits per heavy atom. The van der Waals surface area contributed by atoms with Gasteiger partial charge >= 0.3 is 5.69 Å². The summed E-state index contributed by atoms with van der Waals surface area (Å²) in [5.41, 5.74) is -0.338. The molecule has 0 amide bonds. The first-order valence-electron chi connectivity index (χ1n) is 3.06. The van der Waals surface area contributed by atoms with E-state index in [2.05, 4.69) is 4.74 Å². The van der Waals surface area contributed by atoms with Gasteiger partial charge in [0.25, 0.3) is 6.20 Å². The monoisotopic (exact) mass is 170 g/mol. The molecule has 0 saturated carbocycles. The van der Waals surface area contributed by atoms with Gasteiger partial charge < -0.3 is 9.94 Å². The molecule has 0 aliphatic carbocycles. The van der Waals surface area contributed by atoms with Gasteiger partial charge in [0.1, 0.15) is 0 Å². The smallest absolute Gasteiger partial charge is 0.375 e. The third kappa shape index (κ3) is 1.42. The summed E-state index contributed by atoms with van der Waals surface area (Å²) in [7, 11) is 1.30. The van der Waals surface area contributed by atoms with Crippen LogP contribution in [0.3, 0.4) is 0 Å². The van der Waals surface area contributed by atoms with Gasteiger partial charge in [0.05, 0.1) is 18.1 Å². The van der Waals surface area contributed by atoms with E-state index < -0.39 is 4.92 Å². The van der Waals surface area contributed by atoms with Crippen LogP contribution in [0, 0.1) is 15.3 Å². The summed E-state index contributed by atoms with van der Waals surface area (Å²) in [6.07, 6.45) is 1.98. The zero-order valence-corrected chi connectivity index (χ0v) is 6.26. The fourth-order valence-electron chi connectivity index (χ4n) is 0.763. The minimum Gasteiger partial charge on any atom is -0.619 e. The third-order valence-electron chi connectivity index (χ3n) is 1.29. The van der Waals surface area contributed by atoms with Crippen molar-refractivity contribution in [2.45, 2.75) is 0 Å². The van der Waals surface area contributed by atoms with Crippen molar-refractivity contribution in [1.82, 2.24) is 0 Å². The molecule has 0 radical (unpaired) electrons. The maximum Gasteiger partial charge on any atom is 0.375 e. The van der Waals surface area contributed by atoms with E-state index in [9.17, 15) is 15.3 Å². The van der Waals surface area contributed by atoms with Crippen molar-refractivity contribution >= 4 is 5.69 Å². The van der Waals surface area contributed by atoms with Crippen LogP contribution < -0.4 is 9.47 Å². The van der Waals surface area contributed by atoms with Crippen LogP contribution in [0.15, 0.2) is 18.5 Å². The Kier molecular flexibility index (Phi) is 2.09. The quantitative estimate of drug-likeness (QED) is 0.275. The highest BCUT2D eigenvalue weighted by Crippen LogP contribution is 2.22. The molecule has 6 nitrogen and oxygen atoms in total. The minimum atomic E-state index is -0.673. The van der Waals surface area contributed by atoms with Crippen LogP contribution >= 0.6 is 0 Å². The second-order valence-electron chi connectivity index (χ2n) is 2.02. The van der Waals surface area contributed by atoms with Gasteiger partial charge in [0.15, 0.2) is 6.20 Å². The molecule has 0 saturated heterocycles. The van der Waals surface area contributed by atoms with E-state index in [1.165, 1.54) is 13.2 Å². The summed E-state index contributed by atoms with van der Waals surface area (Å²) in [6, 6.07) is 1.24. The maximum atomic E-state index is 10.6. The highest BCUT2D eigenvalue weighted by atomic mass is 16.6. The van der Waals surface area contributed by atoms with E-state index in [0.717, 1.165) is 12.4 Å². The van der Waals surface area contributed by atoms with E-state index in [-0.39, 0.29) is 11.4 Å². The SMILES string of the molecule is COc1cc[n+]([O-])cc1[N+](=O)[O-]. The number of nitro groups is 1. The third-order valence-corrected chi connectivity index (χ3v) is 1.29. The summed E-state index contributed by atoms with van der Waals surface area (Å²) in [6.45, 7) is 0. The first kappa shape index (κ1) is 8.25. The highest BCUT2D eigenvalue weighted by Gasteiger charge is 2.17. The van der Waals surface area contributed by atoms with Crippen LogP contribution in [0.1, 0.15) is 0 Å². The zero-order chi connectivity index (χ0) is 9.14. The Labute approximate surface area is 67.7 Å². The fourth-order valence-corrected chi connectivity index (χ4v) is 0.763. The Bertz CT molecular complexity index is 312. The van der Waals surface area contributed by atoms with E-state index in [0.29, 0.717) is 4.73 Å². The molecule has 0 unspecified atom stereocenters. The molecule has 64 valence electrons. The molecular weight excluding hydrogens is 164 g/mol. The standard InChI is InChI=1S/C6H6N2O4/c1-12-6-2-3-7(9)4-5(6)8(10)11/h2-4H,1H3. The van der Waals surface area contributed by atoms with Crippen molar-refractivity contribution in [1.29, 1.82) is 0 Å². The molecular formula is C6H6N2O4. The van der Waals surface area contributed by atoms with Gasteiger partial charge in [-0.25, -0.2) is 0 Å². The van der Waals surface area contributed by atoms with Gasteiger partial charge in [-0.3, -0.25) is 10.1 Å². The Hall–Kier alpha value is -1.85. The van der Waals surface area contributed by atoms with Crippen LogP contribution in [-0.2, 0) is 0 Å². The van der Waals surface area contributed by atoms with E-state index in [1.54, 1.807) is 0 Å². The highest BCUT2D eigenvalue weighted by molar-refractivity contribution is 5.41. The van der Waals surface area contributed by atoms with Crippen LogP contribution in [-0.4, -0.2) is 12.0 Å². The van der Waals surface area contributed by atoms with Crippen molar-refractivity contribution in [3.63, 3.8) is 0 Å². The molecule has 1 rings (SSSR count). The molecule has 12 heavy (non-hydrogen) atoms. The number of pyridine rings is 1. The van der Waals surface area contributed by atoms with Crippen molar-refractivity contribution in [2.75, 3.05) is 7.11 Å². The molecule has 0 bridgehead atoms. The number of hydrogen-bond acceptors (Lipinski definition) is 4. The Morgan fingerprint density at radius 1 is 1.67 bits per heavy atom. The first-order valence-corrected chi connectivity index (χ1v) is 3.06. The van der Waals surface area contributed by atoms with Crippen molar-refractivity contribution in [3.05, 3.63) is 33.8 Å². The van der Waals surface area contributed by atoms with Crippen molar-refractivity contribution in [3.8, 4) is 5.75 Å². The number of ether oxygens (including phenoxy) is 1. The summed E-state index contributed by atoms with van der Waals surface area (Å²) < 4.78 is 5.02. The number of nitrogens with zero attached hydrogens (tertiary/aromatic N) is 2. The predicted octanol–water partition coefficient (Wildman–Crippen LogP) is 0.237. The number of hydrogen-bond donors (Lipinski definition) is 0. The molecule has 1 aromatic heterocycles. The van der Waals surface area contributed by atoms with Gasteiger partial charge in [-0.05, 0) is 0 Å². The van der Waals surface area contributed by atoms with Gasteiger partial charge in [0, 0.05) is 0 Å². The first-order chi connectivity index (χ1) is 5.65. The van der Waals surface area contributed by atoms with Crippen LogP contribution in [0.4, 0.5) is 5.69 Å². The molecule has 0 fully saturated rings. The van der Waals surface area contributed by atoms with Gasteiger partial charge in [-0.2, -0.15) is 4.73 Å². The van der Waals surface area contributed by atoms with Gasteiger partial charge in [-0.15, -0.1) is 0 Å². The number of methoxy groups -OCH3 is 1. The zero-order valence-electron chi connectivity index (χ0n) is 6.26. The fraction of sp³-hybridized carbons (Fsp3) is 0.167. The molecule has 1 heterocycles. The van der Waals surface area contributed by atoms with Gasteiger partial charge in [0.2, 0.25) is 5.75 Å². The topological polar surface area (TPSA) is 79.3 Å². The summed E-state index contributed by atoms with van der Waals surface area (Å²) >= 11 is 0. The van der Waals surface area contributed by atoms with E-state index >= 15 is 0 Å². The minimum absolute atomic E-state index is 0.0760. The predicted molar refractivity (Wildman–Crippen MR) is 38.6 cm³/mol. The van der Waals surface area contributed by atoms with Crippen LogP contribution in [0.5, 0.6) is 5.75 Å². The molecule has 0 spiro atoms. The van der Waals surface area contributed by atoms with E-state index in [1.807, 2.05) is 0 Å². The molecule has 6 heteroatoms. The van der Waals surface area contributed by atoms with Gasteiger partial charge in [-0.1, -0.05) is 0 Å². The molecule has 1 aromatic rings. The molecule has 0 atom stereocenters. The lowest BCUT2D eigenvalue weighted by atomic mass is 10.4. The maximum absolute atomic E-state index is 10.6. The summed E-state index contributed by atoms with van der Waals surface area (Å²) in [5.74, 6) is 0.0760. The average molecular weight is 170 g/mol. The Morgan fingerprint density at radius 3 is 2.83 bits per heavy atom. The molecule has 0 aliphatic heterocycles. The normalized spacial score (nSPS) is 9.42. The largest absolute Gasteiger partial charge is 0.619 e. The van der Waals surface area contributed by atoms with Crippen LogP contribution in [0.25, 0.3) is 0 Å². The lowest BCUT2D eigenvalue weighted by Gasteiger charge is -1.99. The lowest BCUT2D eigenvalue weighted by Crippen LogP contribution is -2.24. The molecule has 0 aromatic carbocycles. The summed E-state index contributed by atoms with van der Waals surface area (Å²) in [4.78, 5) is 9.63. The second kappa shape index (κ2) is 3.04. The number of rotatable bonds is 2. The second-order valence-corrected chi connectivity index (χ2v) is 2.02. The number of aromatic nitrogens is 1.